The molecule has 23 heavy (non-hydrogen) atoms. The van der Waals surface area contributed by atoms with Crippen LogP contribution in [0.5, 0.6) is 5.75 Å². The molecule has 1 amide bonds. The summed E-state index contributed by atoms with van der Waals surface area (Å²) in [5.41, 5.74) is 1.42. The van der Waals surface area contributed by atoms with Crippen LogP contribution in [0.25, 0.3) is 10.9 Å². The predicted octanol–water partition coefficient (Wildman–Crippen LogP) is 2.94. The van der Waals surface area contributed by atoms with Crippen molar-refractivity contribution in [1.82, 2.24) is 10.3 Å². The fourth-order valence-electron chi connectivity index (χ4n) is 2.41. The van der Waals surface area contributed by atoms with Gasteiger partial charge in [0.2, 0.25) is 0 Å². The number of carbonyl (C=O) groups excluding carboxylic acids is 1. The summed E-state index contributed by atoms with van der Waals surface area (Å²) in [6.45, 7) is 0.588. The molecule has 0 bridgehead atoms. The molecule has 0 radical (unpaired) electrons. The number of methoxy groups -OCH3 is 1. The highest BCUT2D eigenvalue weighted by Crippen LogP contribution is 2.21. The van der Waals surface area contributed by atoms with E-state index in [2.05, 4.69) is 10.3 Å². The maximum absolute atomic E-state index is 12.1. The number of benzene rings is 1. The Morgan fingerprint density at radius 3 is 2.70 bits per heavy atom. The second-order valence-electron chi connectivity index (χ2n) is 5.45. The number of rotatable bonds is 9. The number of nitrogens with one attached hydrogen (secondary N) is 2. The number of aromatic nitrogens is 1. The Bertz CT molecular complexity index is 678. The summed E-state index contributed by atoms with van der Waals surface area (Å²) >= 11 is 0. The average Bonchev–Trinajstić information content (AvgIpc) is 2.96. The van der Waals surface area contributed by atoms with Crippen LogP contribution < -0.4 is 10.1 Å². The van der Waals surface area contributed by atoms with E-state index in [0.717, 1.165) is 35.9 Å². The van der Waals surface area contributed by atoms with Gasteiger partial charge in [0.05, 0.1) is 7.11 Å². The number of carboxylic acids is 1. The molecular formula is C17H22N2O4. The second-order valence-corrected chi connectivity index (χ2v) is 5.45. The van der Waals surface area contributed by atoms with Gasteiger partial charge in [0, 0.05) is 23.9 Å². The molecular weight excluding hydrogens is 296 g/mol. The third-order valence-electron chi connectivity index (χ3n) is 3.68. The summed E-state index contributed by atoms with van der Waals surface area (Å²) in [5, 5.41) is 12.3. The van der Waals surface area contributed by atoms with E-state index in [0.29, 0.717) is 18.7 Å². The van der Waals surface area contributed by atoms with Crippen LogP contribution >= 0.6 is 0 Å². The summed E-state index contributed by atoms with van der Waals surface area (Å²) in [4.78, 5) is 25.6. The number of carboxylic acid groups (broad SMARTS) is 1. The summed E-state index contributed by atoms with van der Waals surface area (Å²) in [5.74, 6) is -0.135. The van der Waals surface area contributed by atoms with Crippen molar-refractivity contribution in [2.75, 3.05) is 13.7 Å². The van der Waals surface area contributed by atoms with Crippen molar-refractivity contribution < 1.29 is 19.4 Å². The minimum Gasteiger partial charge on any atom is -0.497 e. The number of fused-ring (bicyclic) bond motifs is 1. The van der Waals surface area contributed by atoms with E-state index in [1.54, 1.807) is 13.2 Å². The number of aliphatic carboxylic acids is 1. The van der Waals surface area contributed by atoms with Crippen LogP contribution in [0.15, 0.2) is 24.3 Å². The Hall–Kier alpha value is -2.50. The van der Waals surface area contributed by atoms with Crippen molar-refractivity contribution in [3.63, 3.8) is 0 Å². The topological polar surface area (TPSA) is 91.4 Å². The molecule has 0 aliphatic rings. The van der Waals surface area contributed by atoms with Crippen LogP contribution in [-0.2, 0) is 4.79 Å². The summed E-state index contributed by atoms with van der Waals surface area (Å²) in [6.07, 6.45) is 3.53. The molecule has 1 heterocycles. The third kappa shape index (κ3) is 5.02. The number of ether oxygens (including phenoxy) is 1. The minimum atomic E-state index is -0.756. The first-order valence-electron chi connectivity index (χ1n) is 7.77. The largest absolute Gasteiger partial charge is 0.497 e. The molecule has 0 atom stereocenters. The molecule has 2 aromatic rings. The highest BCUT2D eigenvalue weighted by atomic mass is 16.5. The number of amides is 1. The summed E-state index contributed by atoms with van der Waals surface area (Å²) < 4.78 is 5.17. The lowest BCUT2D eigenvalue weighted by molar-refractivity contribution is -0.137. The Balaban J connectivity index is 1.76. The molecule has 124 valence electrons. The van der Waals surface area contributed by atoms with E-state index in [1.807, 2.05) is 18.2 Å². The van der Waals surface area contributed by atoms with E-state index < -0.39 is 5.97 Å². The van der Waals surface area contributed by atoms with Crippen LogP contribution in [0.1, 0.15) is 42.6 Å². The van der Waals surface area contributed by atoms with Gasteiger partial charge in [0.25, 0.3) is 5.91 Å². The molecule has 0 saturated heterocycles. The molecule has 1 aromatic carbocycles. The monoisotopic (exact) mass is 318 g/mol. The number of hydrogen-bond donors (Lipinski definition) is 3. The molecule has 0 aliphatic carbocycles. The number of H-pyrrole nitrogens is 1. The van der Waals surface area contributed by atoms with Crippen molar-refractivity contribution in [3.8, 4) is 5.75 Å². The Morgan fingerprint density at radius 1 is 1.17 bits per heavy atom. The van der Waals surface area contributed by atoms with Gasteiger partial charge in [-0.25, -0.2) is 0 Å². The lowest BCUT2D eigenvalue weighted by atomic mass is 10.1. The fraction of sp³-hybridized carbons (Fsp3) is 0.412. The zero-order valence-corrected chi connectivity index (χ0v) is 13.2. The van der Waals surface area contributed by atoms with Crippen molar-refractivity contribution in [1.29, 1.82) is 0 Å². The standard InChI is InChI=1S/C17H22N2O4/c1-23-13-7-8-14-12(10-13)11-15(19-14)17(22)18-9-5-3-2-4-6-16(20)21/h7-8,10-11,19H,2-6,9H2,1H3,(H,18,22)(H,20,21). The first kappa shape index (κ1) is 16.9. The summed E-state index contributed by atoms with van der Waals surface area (Å²) in [6, 6.07) is 7.41. The number of unbranched alkanes of at least 4 members (excludes halogenated alkanes) is 3. The van der Waals surface area contributed by atoms with Crippen LogP contribution in [0.4, 0.5) is 0 Å². The lowest BCUT2D eigenvalue weighted by Gasteiger charge is -2.03. The van der Waals surface area contributed by atoms with Crippen molar-refractivity contribution in [2.24, 2.45) is 0 Å². The number of carbonyl (C=O) groups is 2. The highest BCUT2D eigenvalue weighted by Gasteiger charge is 2.09. The van der Waals surface area contributed by atoms with Crippen LogP contribution in [0.2, 0.25) is 0 Å². The van der Waals surface area contributed by atoms with E-state index >= 15 is 0 Å². The highest BCUT2D eigenvalue weighted by molar-refractivity contribution is 5.98. The molecule has 6 heteroatoms. The molecule has 0 aliphatic heterocycles. The van der Waals surface area contributed by atoms with E-state index in [-0.39, 0.29) is 12.3 Å². The lowest BCUT2D eigenvalue weighted by Crippen LogP contribution is -2.24. The van der Waals surface area contributed by atoms with Gasteiger partial charge in [-0.1, -0.05) is 12.8 Å². The van der Waals surface area contributed by atoms with Gasteiger partial charge in [-0.05, 0) is 37.1 Å². The molecule has 2 rings (SSSR count). The molecule has 3 N–H and O–H groups in total. The first-order valence-corrected chi connectivity index (χ1v) is 7.77. The van der Waals surface area contributed by atoms with E-state index in [1.165, 1.54) is 0 Å². The van der Waals surface area contributed by atoms with Crippen LogP contribution in [0.3, 0.4) is 0 Å². The molecule has 0 saturated carbocycles. The molecule has 0 fully saturated rings. The van der Waals surface area contributed by atoms with Gasteiger partial charge < -0.3 is 20.1 Å². The molecule has 0 spiro atoms. The summed E-state index contributed by atoms with van der Waals surface area (Å²) in [7, 11) is 1.61. The quantitative estimate of drug-likeness (QED) is 0.620. The van der Waals surface area contributed by atoms with Crippen molar-refractivity contribution >= 4 is 22.8 Å². The smallest absolute Gasteiger partial charge is 0.303 e. The van der Waals surface area contributed by atoms with Gasteiger partial charge in [-0.2, -0.15) is 0 Å². The zero-order valence-electron chi connectivity index (χ0n) is 13.2. The van der Waals surface area contributed by atoms with Gasteiger partial charge in [-0.15, -0.1) is 0 Å². The van der Waals surface area contributed by atoms with Gasteiger partial charge in [0.1, 0.15) is 11.4 Å². The van der Waals surface area contributed by atoms with E-state index in [9.17, 15) is 9.59 Å². The number of hydrogen-bond acceptors (Lipinski definition) is 3. The Morgan fingerprint density at radius 2 is 1.96 bits per heavy atom. The number of aromatic amines is 1. The van der Waals surface area contributed by atoms with Gasteiger partial charge in [-0.3, -0.25) is 9.59 Å². The first-order chi connectivity index (χ1) is 11.1. The zero-order chi connectivity index (χ0) is 16.7. The average molecular weight is 318 g/mol. The Kier molecular flexibility index (Phi) is 6.02. The van der Waals surface area contributed by atoms with Crippen LogP contribution in [-0.4, -0.2) is 35.6 Å². The normalized spacial score (nSPS) is 10.7. The maximum atomic E-state index is 12.1. The fourth-order valence-corrected chi connectivity index (χ4v) is 2.41. The van der Waals surface area contributed by atoms with Gasteiger partial charge in [0.15, 0.2) is 0 Å². The molecule has 6 nitrogen and oxygen atoms in total. The maximum Gasteiger partial charge on any atom is 0.303 e. The predicted molar refractivity (Wildman–Crippen MR) is 87.9 cm³/mol. The molecule has 1 aromatic heterocycles. The van der Waals surface area contributed by atoms with Gasteiger partial charge >= 0.3 is 5.97 Å². The second kappa shape index (κ2) is 8.22. The Labute approximate surface area is 134 Å². The van der Waals surface area contributed by atoms with Crippen molar-refractivity contribution in [3.05, 3.63) is 30.0 Å². The van der Waals surface area contributed by atoms with Crippen LogP contribution in [0, 0.1) is 0 Å². The van der Waals surface area contributed by atoms with E-state index in [4.69, 9.17) is 9.84 Å². The molecule has 0 unspecified atom stereocenters. The van der Waals surface area contributed by atoms with Crippen molar-refractivity contribution in [2.45, 2.75) is 32.1 Å². The minimum absolute atomic E-state index is 0.134. The SMILES string of the molecule is COc1ccc2[nH]c(C(=O)NCCCCCCC(=O)O)cc2c1. The third-order valence-corrected chi connectivity index (χ3v) is 3.68.